The average Bonchev–Trinajstić information content (AvgIpc) is 3.47. The van der Waals surface area contributed by atoms with Gasteiger partial charge in [-0.15, -0.1) is 23.7 Å². The van der Waals surface area contributed by atoms with Crippen LogP contribution in [0, 0.1) is 11.6 Å². The lowest BCUT2D eigenvalue weighted by Gasteiger charge is -2.18. The van der Waals surface area contributed by atoms with Gasteiger partial charge in [0.2, 0.25) is 5.43 Å². The number of nitrogens with zero attached hydrogens (tertiary/aromatic N) is 3. The molecule has 2 aromatic heterocycles. The van der Waals surface area contributed by atoms with E-state index in [9.17, 15) is 14.4 Å². The number of carbonyl (C=O) groups excluding carboxylic acids is 2. The van der Waals surface area contributed by atoms with Crippen molar-refractivity contribution in [3.63, 3.8) is 0 Å². The summed E-state index contributed by atoms with van der Waals surface area (Å²) in [5, 5.41) is 3.15. The Balaban J connectivity index is 0.00000486. The summed E-state index contributed by atoms with van der Waals surface area (Å²) < 4.78 is 31.7. The second-order valence-electron chi connectivity index (χ2n) is 12.0. The fraction of sp³-hybridized carbons (Fsp3) is 0.154. The minimum absolute atomic E-state index is 0. The van der Waals surface area contributed by atoms with Gasteiger partial charge in [0.05, 0.1) is 17.5 Å². The molecule has 6 aromatic rings. The molecule has 4 aromatic carbocycles. The Morgan fingerprint density at radius 3 is 2.02 bits per heavy atom. The molecular formula is C39H35ClF2N4O3S. The summed E-state index contributed by atoms with van der Waals surface area (Å²) in [7, 11) is 5.25. The zero-order valence-electron chi connectivity index (χ0n) is 27.7. The number of urea groups is 1. The number of hydrogen-bond acceptors (Lipinski definition) is 5. The summed E-state index contributed by atoms with van der Waals surface area (Å²) >= 11 is 1.32. The molecule has 50 heavy (non-hydrogen) atoms. The molecule has 0 saturated carbocycles. The van der Waals surface area contributed by atoms with Gasteiger partial charge in [0.1, 0.15) is 16.5 Å². The number of ketones is 1. The fourth-order valence-electron chi connectivity index (χ4n) is 5.72. The summed E-state index contributed by atoms with van der Waals surface area (Å²) in [6.45, 7) is 0.694. The lowest BCUT2D eigenvalue weighted by atomic mass is 10.00. The van der Waals surface area contributed by atoms with Crippen LogP contribution in [-0.2, 0) is 19.6 Å². The van der Waals surface area contributed by atoms with Crippen molar-refractivity contribution < 1.29 is 18.4 Å². The van der Waals surface area contributed by atoms with Gasteiger partial charge in [0.25, 0.3) is 0 Å². The number of amides is 2. The van der Waals surface area contributed by atoms with Crippen molar-refractivity contribution in [3.8, 4) is 10.4 Å². The topological polar surface area (TPSA) is 74.7 Å². The molecule has 0 unspecified atom stereocenters. The third-order valence-corrected chi connectivity index (χ3v) is 9.52. The third-order valence-electron chi connectivity index (χ3n) is 8.20. The minimum atomic E-state index is -0.724. The maximum Gasteiger partial charge on any atom is 0.321 e. The van der Waals surface area contributed by atoms with Crippen molar-refractivity contribution in [3.05, 3.63) is 159 Å². The van der Waals surface area contributed by atoms with Crippen molar-refractivity contribution in [2.75, 3.05) is 26.5 Å². The van der Waals surface area contributed by atoms with Crippen LogP contribution in [0.4, 0.5) is 19.3 Å². The number of pyridine rings is 1. The van der Waals surface area contributed by atoms with E-state index in [1.165, 1.54) is 40.6 Å². The predicted molar refractivity (Wildman–Crippen MR) is 198 cm³/mol. The highest BCUT2D eigenvalue weighted by atomic mass is 35.5. The normalized spacial score (nSPS) is 11.0. The van der Waals surface area contributed by atoms with Crippen molar-refractivity contribution >= 4 is 51.5 Å². The van der Waals surface area contributed by atoms with Gasteiger partial charge in [-0.2, -0.15) is 0 Å². The third kappa shape index (κ3) is 7.68. The van der Waals surface area contributed by atoms with Crippen molar-refractivity contribution in [1.29, 1.82) is 0 Å². The Morgan fingerprint density at radius 1 is 0.780 bits per heavy atom. The van der Waals surface area contributed by atoms with Gasteiger partial charge in [-0.1, -0.05) is 78.9 Å². The van der Waals surface area contributed by atoms with Crippen LogP contribution in [0.2, 0.25) is 0 Å². The summed E-state index contributed by atoms with van der Waals surface area (Å²) in [5.74, 6) is -1.93. The monoisotopic (exact) mass is 712 g/mol. The molecule has 0 saturated heterocycles. The van der Waals surface area contributed by atoms with E-state index in [1.807, 2.05) is 49.5 Å². The SMILES string of the molecule is CN(Cc1ccccc1)Cc1c(-c2ccc(NC(=O)N(C)C)cc2)sc2c1c(=O)c(C(=O)c1ccccc1)cn2Cc1c(F)cccc1F.Cl. The molecule has 1 N–H and O–H groups in total. The smallest absolute Gasteiger partial charge is 0.321 e. The van der Waals surface area contributed by atoms with Crippen LogP contribution in [0.15, 0.2) is 114 Å². The van der Waals surface area contributed by atoms with E-state index in [1.54, 1.807) is 61.1 Å². The van der Waals surface area contributed by atoms with E-state index in [0.29, 0.717) is 40.1 Å². The number of rotatable bonds is 10. The summed E-state index contributed by atoms with van der Waals surface area (Å²) in [4.78, 5) is 45.4. The molecular weight excluding hydrogens is 678 g/mol. The highest BCUT2D eigenvalue weighted by Crippen LogP contribution is 2.39. The van der Waals surface area contributed by atoms with Crippen molar-refractivity contribution in [1.82, 2.24) is 14.4 Å². The molecule has 7 nitrogen and oxygen atoms in total. The summed E-state index contributed by atoms with van der Waals surface area (Å²) in [5.41, 5.74) is 2.77. The quantitative estimate of drug-likeness (QED) is 0.145. The highest BCUT2D eigenvalue weighted by Gasteiger charge is 2.25. The second kappa shape index (κ2) is 15.6. The van der Waals surface area contributed by atoms with Gasteiger partial charge in [0.15, 0.2) is 5.78 Å². The molecule has 0 bridgehead atoms. The van der Waals surface area contributed by atoms with Gasteiger partial charge in [-0.3, -0.25) is 14.5 Å². The Labute approximate surface area is 298 Å². The molecule has 0 fully saturated rings. The molecule has 0 aliphatic rings. The molecule has 0 aliphatic carbocycles. The standard InChI is InChI=1S/C39H34F2N4O3S.ClH/c1-43(2)39(48)42-28-19-17-27(18-20-28)37-30(22-44(3)21-25-11-6-4-7-12-25)34-36(47)31(35(46)26-13-8-5-9-14-26)24-45(38(34)49-37)23-29-32(40)15-10-16-33(29)41;/h4-20,24H,21-23H2,1-3H3,(H,42,48);1H. The number of aromatic nitrogens is 1. The molecule has 6 rings (SSSR count). The number of nitrogens with one attached hydrogen (secondary N) is 1. The van der Waals surface area contributed by atoms with Gasteiger partial charge in [-0.25, -0.2) is 13.6 Å². The first-order valence-electron chi connectivity index (χ1n) is 15.6. The summed E-state index contributed by atoms with van der Waals surface area (Å²) in [6.07, 6.45) is 1.42. The van der Waals surface area contributed by atoms with Crippen LogP contribution in [0.25, 0.3) is 20.7 Å². The number of anilines is 1. The number of benzene rings is 4. The summed E-state index contributed by atoms with van der Waals surface area (Å²) in [6, 6.07) is 29.1. The Hall–Kier alpha value is -5.16. The van der Waals surface area contributed by atoms with Crippen LogP contribution >= 0.6 is 23.7 Å². The lowest BCUT2D eigenvalue weighted by Crippen LogP contribution is -2.27. The van der Waals surface area contributed by atoms with E-state index in [2.05, 4.69) is 10.2 Å². The van der Waals surface area contributed by atoms with Gasteiger partial charge < -0.3 is 14.8 Å². The van der Waals surface area contributed by atoms with Crippen molar-refractivity contribution in [2.45, 2.75) is 19.6 Å². The first kappa shape index (κ1) is 36.1. The maximum absolute atomic E-state index is 15.0. The second-order valence-corrected chi connectivity index (χ2v) is 13.0. The van der Waals surface area contributed by atoms with Crippen LogP contribution < -0.4 is 10.7 Å². The van der Waals surface area contributed by atoms with E-state index >= 15 is 8.78 Å². The Kier molecular flexibility index (Phi) is 11.3. The number of carbonyl (C=O) groups is 2. The number of thiophene rings is 1. The molecule has 0 atom stereocenters. The van der Waals surface area contributed by atoms with E-state index < -0.39 is 22.8 Å². The van der Waals surface area contributed by atoms with Gasteiger partial charge in [-0.05, 0) is 48.0 Å². The molecule has 0 radical (unpaired) electrons. The minimum Gasteiger partial charge on any atom is -0.334 e. The zero-order chi connectivity index (χ0) is 34.7. The number of halogens is 3. The molecule has 256 valence electrons. The predicted octanol–water partition coefficient (Wildman–Crippen LogP) is 8.43. The zero-order valence-corrected chi connectivity index (χ0v) is 29.3. The molecule has 0 spiro atoms. The fourth-order valence-corrected chi connectivity index (χ4v) is 7.01. The van der Waals surface area contributed by atoms with Crippen LogP contribution in [-0.4, -0.2) is 47.3 Å². The van der Waals surface area contributed by atoms with Crippen LogP contribution in [0.5, 0.6) is 0 Å². The first-order valence-corrected chi connectivity index (χ1v) is 16.4. The number of fused-ring (bicyclic) bond motifs is 1. The van der Waals surface area contributed by atoms with E-state index in [4.69, 9.17) is 0 Å². The maximum atomic E-state index is 15.0. The van der Waals surface area contributed by atoms with Crippen LogP contribution in [0.3, 0.4) is 0 Å². The molecule has 11 heteroatoms. The Morgan fingerprint density at radius 2 is 1.40 bits per heavy atom. The molecule has 2 amide bonds. The van der Waals surface area contributed by atoms with Crippen molar-refractivity contribution in [2.24, 2.45) is 0 Å². The first-order chi connectivity index (χ1) is 23.6. The molecule has 0 aliphatic heterocycles. The largest absolute Gasteiger partial charge is 0.334 e. The Bertz CT molecular complexity index is 2190. The lowest BCUT2D eigenvalue weighted by molar-refractivity contribution is 0.103. The average molecular weight is 713 g/mol. The van der Waals surface area contributed by atoms with Gasteiger partial charge in [0, 0.05) is 55.1 Å². The molecule has 2 heterocycles. The number of hydrogen-bond donors (Lipinski definition) is 1. The van der Waals surface area contributed by atoms with Crippen LogP contribution in [0.1, 0.15) is 32.6 Å². The van der Waals surface area contributed by atoms with E-state index in [0.717, 1.165) is 16.0 Å². The highest BCUT2D eigenvalue weighted by molar-refractivity contribution is 7.22. The van der Waals surface area contributed by atoms with Gasteiger partial charge >= 0.3 is 6.03 Å². The van der Waals surface area contributed by atoms with E-state index in [-0.39, 0.29) is 36.1 Å².